The molecule has 1 saturated heterocycles. The minimum atomic E-state index is -1.39. The van der Waals surface area contributed by atoms with Gasteiger partial charge in [0, 0.05) is 43.1 Å². The van der Waals surface area contributed by atoms with Crippen molar-refractivity contribution in [3.05, 3.63) is 72.6 Å². The predicted octanol–water partition coefficient (Wildman–Crippen LogP) is 4.57. The van der Waals surface area contributed by atoms with E-state index in [4.69, 9.17) is 0 Å². The summed E-state index contributed by atoms with van der Waals surface area (Å²) in [6.45, 7) is 5.34. The van der Waals surface area contributed by atoms with E-state index < -0.39 is 6.30 Å². The molecule has 2 aromatic heterocycles. The van der Waals surface area contributed by atoms with Crippen molar-refractivity contribution in [1.82, 2.24) is 24.4 Å². The molecule has 1 unspecified atom stereocenters. The molecule has 0 radical (unpaired) electrons. The van der Waals surface area contributed by atoms with E-state index in [1.807, 2.05) is 24.3 Å². The molecular formula is C26H27F2N7O. The van der Waals surface area contributed by atoms with Gasteiger partial charge < -0.3 is 20.1 Å². The van der Waals surface area contributed by atoms with Crippen molar-refractivity contribution in [2.45, 2.75) is 13.2 Å². The number of piperazine rings is 1. The lowest BCUT2D eigenvalue weighted by atomic mass is 10.1. The van der Waals surface area contributed by atoms with Crippen LogP contribution in [0.5, 0.6) is 0 Å². The van der Waals surface area contributed by atoms with Gasteiger partial charge in [-0.3, -0.25) is 9.36 Å². The number of benzene rings is 2. The molecule has 1 atom stereocenters. The van der Waals surface area contributed by atoms with Gasteiger partial charge in [-0.05, 0) is 62.5 Å². The predicted molar refractivity (Wildman–Crippen MR) is 135 cm³/mol. The number of imidazole rings is 2. The van der Waals surface area contributed by atoms with Crippen LogP contribution in [0.4, 0.5) is 20.2 Å². The van der Waals surface area contributed by atoms with Crippen molar-refractivity contribution in [1.29, 1.82) is 0 Å². The molecule has 2 N–H and O–H groups in total. The van der Waals surface area contributed by atoms with Crippen LogP contribution in [0.25, 0.3) is 22.8 Å². The summed E-state index contributed by atoms with van der Waals surface area (Å²) in [6.07, 6.45) is 1.38. The van der Waals surface area contributed by atoms with E-state index in [9.17, 15) is 13.6 Å². The average molecular weight is 492 g/mol. The number of hydrogen-bond acceptors (Lipinski definition) is 5. The van der Waals surface area contributed by atoms with E-state index in [0.29, 0.717) is 22.6 Å². The van der Waals surface area contributed by atoms with Gasteiger partial charge in [-0.1, -0.05) is 0 Å². The van der Waals surface area contributed by atoms with Gasteiger partial charge in [0.1, 0.15) is 17.2 Å². The SMILES string of the molecule is CC(F)n1cnc(-c2ccc(F)cc2)c1-c1ncc(C(=O)Nc2ccc(N3CCN(C)CC3)cc2)[nH]1. The quantitative estimate of drug-likeness (QED) is 0.413. The highest BCUT2D eigenvalue weighted by Gasteiger charge is 2.22. The molecule has 4 aromatic rings. The maximum atomic E-state index is 14.3. The second-order valence-electron chi connectivity index (χ2n) is 8.87. The van der Waals surface area contributed by atoms with Crippen molar-refractivity contribution < 1.29 is 13.6 Å². The molecule has 0 bridgehead atoms. The van der Waals surface area contributed by atoms with Crippen molar-refractivity contribution in [2.75, 3.05) is 43.4 Å². The lowest BCUT2D eigenvalue weighted by Crippen LogP contribution is -2.44. The van der Waals surface area contributed by atoms with Crippen LogP contribution in [0, 0.1) is 5.82 Å². The van der Waals surface area contributed by atoms with Crippen LogP contribution in [0.1, 0.15) is 23.7 Å². The van der Waals surface area contributed by atoms with Gasteiger partial charge in [0.25, 0.3) is 5.91 Å². The molecule has 0 aliphatic carbocycles. The summed E-state index contributed by atoms with van der Waals surface area (Å²) in [4.78, 5) is 29.1. The summed E-state index contributed by atoms with van der Waals surface area (Å²) in [5, 5.41) is 2.87. The van der Waals surface area contributed by atoms with E-state index >= 15 is 0 Å². The fraction of sp³-hybridized carbons (Fsp3) is 0.269. The Labute approximate surface area is 207 Å². The Morgan fingerprint density at radius 3 is 2.39 bits per heavy atom. The van der Waals surface area contributed by atoms with Gasteiger partial charge in [0.15, 0.2) is 12.1 Å². The number of H-pyrrole nitrogens is 1. The molecule has 1 amide bonds. The number of carbonyl (C=O) groups is 1. The number of nitrogens with one attached hydrogen (secondary N) is 2. The minimum Gasteiger partial charge on any atom is -0.369 e. The first-order valence-corrected chi connectivity index (χ1v) is 11.8. The third kappa shape index (κ3) is 4.85. The molecule has 0 saturated carbocycles. The molecule has 3 heterocycles. The molecule has 36 heavy (non-hydrogen) atoms. The topological polar surface area (TPSA) is 82.1 Å². The van der Waals surface area contributed by atoms with Crippen LogP contribution in [0.15, 0.2) is 61.1 Å². The summed E-state index contributed by atoms with van der Waals surface area (Å²) in [5.41, 5.74) is 3.40. The Balaban J connectivity index is 1.34. The number of likely N-dealkylation sites (N-methyl/N-ethyl adjacent to an activating group) is 1. The zero-order valence-corrected chi connectivity index (χ0v) is 20.1. The molecule has 2 aromatic carbocycles. The Morgan fingerprint density at radius 2 is 1.72 bits per heavy atom. The second-order valence-corrected chi connectivity index (χ2v) is 8.87. The summed E-state index contributed by atoms with van der Waals surface area (Å²) < 4.78 is 29.1. The number of carbonyl (C=O) groups excluding carboxylic acids is 1. The van der Waals surface area contributed by atoms with Crippen molar-refractivity contribution >= 4 is 17.3 Å². The van der Waals surface area contributed by atoms with Gasteiger partial charge >= 0.3 is 0 Å². The highest BCUT2D eigenvalue weighted by molar-refractivity contribution is 6.03. The molecule has 5 rings (SSSR count). The summed E-state index contributed by atoms with van der Waals surface area (Å²) in [7, 11) is 2.12. The Bertz CT molecular complexity index is 1340. The zero-order chi connectivity index (χ0) is 25.2. The fourth-order valence-electron chi connectivity index (χ4n) is 4.26. The number of alkyl halides is 1. The van der Waals surface area contributed by atoms with E-state index in [1.54, 1.807) is 12.1 Å². The van der Waals surface area contributed by atoms with Crippen molar-refractivity contribution in [3.63, 3.8) is 0 Å². The molecule has 8 nitrogen and oxygen atoms in total. The normalized spacial score (nSPS) is 15.2. The van der Waals surface area contributed by atoms with Crippen LogP contribution >= 0.6 is 0 Å². The van der Waals surface area contributed by atoms with Gasteiger partial charge in [0.2, 0.25) is 0 Å². The number of nitrogens with zero attached hydrogens (tertiary/aromatic N) is 5. The molecule has 1 fully saturated rings. The third-order valence-corrected chi connectivity index (χ3v) is 6.33. The maximum absolute atomic E-state index is 14.3. The standard InChI is InChI=1S/C26H27F2N7O/c1-17(27)35-16-30-23(18-3-5-19(28)6-4-18)24(35)25-29-15-22(32-25)26(36)31-20-7-9-21(10-8-20)34-13-11-33(2)12-14-34/h3-10,15-17H,11-14H2,1-2H3,(H,29,32)(H,31,36). The summed E-state index contributed by atoms with van der Waals surface area (Å²) >= 11 is 0. The molecule has 1 aliphatic rings. The van der Waals surface area contributed by atoms with E-state index in [-0.39, 0.29) is 23.2 Å². The Morgan fingerprint density at radius 1 is 1.03 bits per heavy atom. The summed E-state index contributed by atoms with van der Waals surface area (Å²) in [6, 6.07) is 13.5. The monoisotopic (exact) mass is 491 g/mol. The van der Waals surface area contributed by atoms with Gasteiger partial charge in [-0.2, -0.15) is 0 Å². The smallest absolute Gasteiger partial charge is 0.273 e. The highest BCUT2D eigenvalue weighted by atomic mass is 19.1. The van der Waals surface area contributed by atoms with E-state index in [1.165, 1.54) is 36.1 Å². The fourth-order valence-corrected chi connectivity index (χ4v) is 4.26. The second kappa shape index (κ2) is 9.90. The van der Waals surface area contributed by atoms with Gasteiger partial charge in [-0.25, -0.2) is 18.7 Å². The van der Waals surface area contributed by atoms with Crippen molar-refractivity contribution in [2.24, 2.45) is 0 Å². The van der Waals surface area contributed by atoms with Crippen molar-refractivity contribution in [3.8, 4) is 22.8 Å². The van der Waals surface area contributed by atoms with Crippen LogP contribution in [-0.2, 0) is 0 Å². The highest BCUT2D eigenvalue weighted by Crippen LogP contribution is 2.32. The Kier molecular flexibility index (Phi) is 6.51. The first-order valence-electron chi connectivity index (χ1n) is 11.8. The van der Waals surface area contributed by atoms with E-state index in [2.05, 4.69) is 37.1 Å². The number of hydrogen-bond donors (Lipinski definition) is 2. The maximum Gasteiger partial charge on any atom is 0.273 e. The number of halogens is 2. The molecule has 0 spiro atoms. The van der Waals surface area contributed by atoms with Crippen LogP contribution in [0.3, 0.4) is 0 Å². The number of anilines is 2. The average Bonchev–Trinajstić information content (AvgIpc) is 3.53. The lowest BCUT2D eigenvalue weighted by molar-refractivity contribution is 0.102. The number of aromatic nitrogens is 4. The van der Waals surface area contributed by atoms with Crippen LogP contribution in [0.2, 0.25) is 0 Å². The third-order valence-electron chi connectivity index (χ3n) is 6.33. The first-order chi connectivity index (χ1) is 17.4. The summed E-state index contributed by atoms with van der Waals surface area (Å²) in [5.74, 6) is -0.470. The van der Waals surface area contributed by atoms with Crippen LogP contribution < -0.4 is 10.2 Å². The van der Waals surface area contributed by atoms with Gasteiger partial charge in [-0.15, -0.1) is 0 Å². The number of aromatic amines is 1. The Hall–Kier alpha value is -4.05. The molecule has 186 valence electrons. The number of rotatable bonds is 6. The van der Waals surface area contributed by atoms with Crippen LogP contribution in [-0.4, -0.2) is 63.6 Å². The zero-order valence-electron chi connectivity index (χ0n) is 20.1. The van der Waals surface area contributed by atoms with E-state index in [0.717, 1.165) is 31.9 Å². The number of amides is 1. The molecule has 10 heteroatoms. The largest absolute Gasteiger partial charge is 0.369 e. The van der Waals surface area contributed by atoms with Gasteiger partial charge in [0.05, 0.1) is 18.2 Å². The molecular weight excluding hydrogens is 464 g/mol. The minimum absolute atomic E-state index is 0.220. The molecule has 1 aliphatic heterocycles. The lowest BCUT2D eigenvalue weighted by Gasteiger charge is -2.34. The first kappa shape index (κ1) is 23.7.